The summed E-state index contributed by atoms with van der Waals surface area (Å²) in [6.07, 6.45) is 0.108. The number of methoxy groups -OCH3 is 1. The molecular weight excluding hydrogens is 258 g/mol. The molecule has 0 radical (unpaired) electrons. The third-order valence-corrected chi connectivity index (χ3v) is 3.80. The van der Waals surface area contributed by atoms with Crippen molar-refractivity contribution < 1.29 is 19.7 Å². The zero-order chi connectivity index (χ0) is 14.4. The largest absolute Gasteiger partial charge is 0.506 e. The van der Waals surface area contributed by atoms with Gasteiger partial charge in [0.05, 0.1) is 11.7 Å². The molecule has 2 atom stereocenters. The molecule has 0 saturated carbocycles. The number of aliphatic hydroxyl groups is 1. The fraction of sp³-hybridized carbons (Fsp3) is 0.333. The fourth-order valence-corrected chi connectivity index (χ4v) is 2.74. The molecule has 5 heteroatoms. The lowest BCUT2D eigenvalue weighted by Gasteiger charge is -2.29. The minimum atomic E-state index is -0.920. The quantitative estimate of drug-likeness (QED) is 0.829. The second-order valence-electron chi connectivity index (χ2n) is 5.08. The van der Waals surface area contributed by atoms with Crippen LogP contribution in [0.2, 0.25) is 0 Å². The van der Waals surface area contributed by atoms with Crippen LogP contribution in [0.5, 0.6) is 5.75 Å². The lowest BCUT2D eigenvalue weighted by atomic mass is 9.84. The SMILES string of the molecule is CO[C@H]1CC(=O)c2c(cc3cc(C)ncc3c2O)[C@H]1O. The van der Waals surface area contributed by atoms with Crippen LogP contribution >= 0.6 is 0 Å². The average molecular weight is 273 g/mol. The molecule has 0 amide bonds. The van der Waals surface area contributed by atoms with E-state index < -0.39 is 12.2 Å². The predicted molar refractivity (Wildman–Crippen MR) is 72.8 cm³/mol. The van der Waals surface area contributed by atoms with Crippen LogP contribution in [0, 0.1) is 6.92 Å². The molecule has 104 valence electrons. The highest BCUT2D eigenvalue weighted by molar-refractivity contribution is 6.07. The van der Waals surface area contributed by atoms with E-state index in [-0.39, 0.29) is 23.5 Å². The highest BCUT2D eigenvalue weighted by Gasteiger charge is 2.35. The van der Waals surface area contributed by atoms with Crippen molar-refractivity contribution in [1.29, 1.82) is 0 Å². The second-order valence-corrected chi connectivity index (χ2v) is 5.08. The van der Waals surface area contributed by atoms with E-state index in [9.17, 15) is 15.0 Å². The molecule has 1 aliphatic rings. The molecule has 2 N–H and O–H groups in total. The summed E-state index contributed by atoms with van der Waals surface area (Å²) in [6.45, 7) is 1.84. The molecule has 20 heavy (non-hydrogen) atoms. The molecule has 1 aliphatic carbocycles. The van der Waals surface area contributed by atoms with Crippen LogP contribution in [-0.2, 0) is 4.74 Å². The van der Waals surface area contributed by atoms with E-state index in [1.54, 1.807) is 12.3 Å². The summed E-state index contributed by atoms with van der Waals surface area (Å²) in [5.74, 6) is -0.333. The van der Waals surface area contributed by atoms with Gasteiger partial charge in [-0.15, -0.1) is 0 Å². The molecule has 3 rings (SSSR count). The summed E-state index contributed by atoms with van der Waals surface area (Å²) in [6, 6.07) is 3.54. The van der Waals surface area contributed by atoms with Gasteiger partial charge in [0.15, 0.2) is 5.78 Å². The minimum Gasteiger partial charge on any atom is -0.506 e. The van der Waals surface area contributed by atoms with Crippen molar-refractivity contribution in [3.8, 4) is 5.75 Å². The predicted octanol–water partition coefficient (Wildman–Crippen LogP) is 1.88. The molecule has 0 fully saturated rings. The fourth-order valence-electron chi connectivity index (χ4n) is 2.74. The number of fused-ring (bicyclic) bond motifs is 2. The topological polar surface area (TPSA) is 79.7 Å². The summed E-state index contributed by atoms with van der Waals surface area (Å²) in [5.41, 5.74) is 1.41. The van der Waals surface area contributed by atoms with Gasteiger partial charge in [-0.3, -0.25) is 9.78 Å². The Hall–Kier alpha value is -1.98. The number of ketones is 1. The van der Waals surface area contributed by atoms with E-state index in [4.69, 9.17) is 4.74 Å². The van der Waals surface area contributed by atoms with Crippen LogP contribution in [0.3, 0.4) is 0 Å². The number of Topliss-reactive ketones (excluding diaryl/α,β-unsaturated/α-hetero) is 1. The molecule has 1 heterocycles. The number of hydrogen-bond donors (Lipinski definition) is 2. The first-order valence-corrected chi connectivity index (χ1v) is 6.39. The Morgan fingerprint density at radius 2 is 2.15 bits per heavy atom. The molecule has 0 saturated heterocycles. The second kappa shape index (κ2) is 4.54. The number of pyridine rings is 1. The number of aromatic hydroxyl groups is 1. The molecule has 1 aromatic carbocycles. The Morgan fingerprint density at radius 3 is 2.85 bits per heavy atom. The Labute approximate surface area is 115 Å². The third kappa shape index (κ3) is 1.78. The normalized spacial score (nSPS) is 22.1. The lowest BCUT2D eigenvalue weighted by Crippen LogP contribution is -2.30. The smallest absolute Gasteiger partial charge is 0.169 e. The number of ether oxygens (including phenoxy) is 1. The molecule has 0 bridgehead atoms. The van der Waals surface area contributed by atoms with Crippen molar-refractivity contribution in [2.45, 2.75) is 25.6 Å². The zero-order valence-electron chi connectivity index (χ0n) is 11.3. The maximum Gasteiger partial charge on any atom is 0.169 e. The van der Waals surface area contributed by atoms with Gasteiger partial charge in [-0.2, -0.15) is 0 Å². The van der Waals surface area contributed by atoms with E-state index in [0.29, 0.717) is 10.9 Å². The van der Waals surface area contributed by atoms with E-state index in [0.717, 1.165) is 11.1 Å². The molecule has 0 aliphatic heterocycles. The number of carbonyl (C=O) groups excluding carboxylic acids is 1. The number of rotatable bonds is 1. The van der Waals surface area contributed by atoms with Gasteiger partial charge in [-0.1, -0.05) is 0 Å². The highest BCUT2D eigenvalue weighted by atomic mass is 16.5. The van der Waals surface area contributed by atoms with Gasteiger partial charge in [-0.05, 0) is 30.0 Å². The summed E-state index contributed by atoms with van der Waals surface area (Å²) in [7, 11) is 1.46. The first-order valence-electron chi connectivity index (χ1n) is 6.39. The van der Waals surface area contributed by atoms with Gasteiger partial charge in [0, 0.05) is 30.8 Å². The van der Waals surface area contributed by atoms with Gasteiger partial charge in [0.25, 0.3) is 0 Å². The Kier molecular flexibility index (Phi) is 2.96. The number of aromatic nitrogens is 1. The van der Waals surface area contributed by atoms with Crippen molar-refractivity contribution in [1.82, 2.24) is 4.98 Å². The maximum absolute atomic E-state index is 12.2. The maximum atomic E-state index is 12.2. The Balaban J connectivity index is 2.32. The number of phenols is 1. The van der Waals surface area contributed by atoms with Crippen LogP contribution in [0.15, 0.2) is 18.3 Å². The average Bonchev–Trinajstić information content (AvgIpc) is 2.42. The number of carbonyl (C=O) groups is 1. The summed E-state index contributed by atoms with van der Waals surface area (Å²) in [5, 5.41) is 21.9. The Bertz CT molecular complexity index is 711. The van der Waals surface area contributed by atoms with Crippen LogP contribution in [0.4, 0.5) is 0 Å². The van der Waals surface area contributed by atoms with Gasteiger partial charge in [0.2, 0.25) is 0 Å². The molecule has 2 aromatic rings. The number of aryl methyl sites for hydroxylation is 1. The number of hydrogen-bond acceptors (Lipinski definition) is 5. The molecule has 5 nitrogen and oxygen atoms in total. The van der Waals surface area contributed by atoms with Crippen LogP contribution < -0.4 is 0 Å². The third-order valence-electron chi connectivity index (χ3n) is 3.80. The van der Waals surface area contributed by atoms with Gasteiger partial charge >= 0.3 is 0 Å². The number of nitrogens with zero attached hydrogens (tertiary/aromatic N) is 1. The minimum absolute atomic E-state index is 0.0586. The van der Waals surface area contributed by atoms with Gasteiger partial charge in [0.1, 0.15) is 11.9 Å². The molecule has 0 unspecified atom stereocenters. The Morgan fingerprint density at radius 1 is 1.40 bits per heavy atom. The summed E-state index contributed by atoms with van der Waals surface area (Å²) < 4.78 is 5.14. The number of aliphatic hydroxyl groups excluding tert-OH is 1. The highest BCUT2D eigenvalue weighted by Crippen LogP contribution is 2.40. The monoisotopic (exact) mass is 273 g/mol. The first kappa shape index (κ1) is 13.0. The van der Waals surface area contributed by atoms with E-state index >= 15 is 0 Å². The molecule has 1 aromatic heterocycles. The van der Waals surface area contributed by atoms with E-state index in [2.05, 4.69) is 4.98 Å². The standard InChI is InChI=1S/C15H15NO4/c1-7-3-8-4-9-13(15(19)10(8)6-16-7)11(17)5-12(20-2)14(9)18/h3-4,6,12,14,18-19H,5H2,1-2H3/t12-,14+/m0/s1. The molecular formula is C15H15NO4. The van der Waals surface area contributed by atoms with Crippen LogP contribution in [0.1, 0.15) is 34.1 Å². The number of phenolic OH excluding ortho intramolecular Hbond substituents is 1. The van der Waals surface area contributed by atoms with Crippen LogP contribution in [0.25, 0.3) is 10.8 Å². The van der Waals surface area contributed by atoms with Crippen molar-refractivity contribution in [2.75, 3.05) is 7.11 Å². The first-order chi connectivity index (χ1) is 9.52. The lowest BCUT2D eigenvalue weighted by molar-refractivity contribution is -0.0193. The summed E-state index contributed by atoms with van der Waals surface area (Å²) in [4.78, 5) is 16.3. The van der Waals surface area contributed by atoms with Crippen LogP contribution in [-0.4, -0.2) is 34.2 Å². The van der Waals surface area contributed by atoms with Crippen molar-refractivity contribution in [2.24, 2.45) is 0 Å². The van der Waals surface area contributed by atoms with Crippen molar-refractivity contribution >= 4 is 16.6 Å². The van der Waals surface area contributed by atoms with Gasteiger partial charge < -0.3 is 14.9 Å². The van der Waals surface area contributed by atoms with E-state index in [1.165, 1.54) is 7.11 Å². The zero-order valence-corrected chi connectivity index (χ0v) is 11.3. The van der Waals surface area contributed by atoms with Crippen molar-refractivity contribution in [3.63, 3.8) is 0 Å². The summed E-state index contributed by atoms with van der Waals surface area (Å²) >= 11 is 0. The van der Waals surface area contributed by atoms with E-state index in [1.807, 2.05) is 13.0 Å². The molecule has 0 spiro atoms. The number of benzene rings is 1. The van der Waals surface area contributed by atoms with Crippen molar-refractivity contribution in [3.05, 3.63) is 35.2 Å². The van der Waals surface area contributed by atoms with Gasteiger partial charge in [-0.25, -0.2) is 0 Å².